The average Bonchev–Trinajstić information content (AvgIpc) is 3.25. The molecule has 5 rings (SSSR count). The Labute approximate surface area is 206 Å². The van der Waals surface area contributed by atoms with Crippen LogP contribution in [-0.2, 0) is 5.41 Å². The Morgan fingerprint density at radius 2 is 1.62 bits per heavy atom. The second-order valence-corrected chi connectivity index (χ2v) is 9.48. The molecule has 3 nitrogen and oxygen atoms in total. The molecule has 172 valence electrons. The topological polar surface area (TPSA) is 38.9 Å². The van der Waals surface area contributed by atoms with Crippen LogP contribution in [0.5, 0.6) is 0 Å². The molecule has 3 aromatic heterocycles. The molecule has 0 N–H and O–H groups in total. The highest BCUT2D eigenvalue weighted by atomic mass is 16.3. The van der Waals surface area contributed by atoms with Gasteiger partial charge in [0, 0.05) is 32.2 Å². The predicted octanol–water partition coefficient (Wildman–Crippen LogP) is 8.71. The minimum absolute atomic E-state index is 0.255. The standard InChI is InChI=1S/C31H32N2O/c1-7-31(6,8-2)25-18-32-27(17-21(25)5)24-14-10-13-22-23-15-16-26(33-30(23)34-29(22)24)28-19(3)11-9-12-20(28)4/h9-18H,7-8H2,1-6H3/i5D3. The van der Waals surface area contributed by atoms with Gasteiger partial charge in [0.25, 0.3) is 0 Å². The van der Waals surface area contributed by atoms with Gasteiger partial charge in [-0.1, -0.05) is 51.1 Å². The minimum Gasteiger partial charge on any atom is -0.437 e. The van der Waals surface area contributed by atoms with Gasteiger partial charge >= 0.3 is 0 Å². The zero-order valence-corrected chi connectivity index (χ0v) is 20.5. The fourth-order valence-electron chi connectivity index (χ4n) is 4.95. The zero-order chi connectivity index (χ0) is 26.5. The van der Waals surface area contributed by atoms with E-state index in [-0.39, 0.29) is 5.41 Å². The van der Waals surface area contributed by atoms with Crippen molar-refractivity contribution in [2.45, 2.75) is 59.7 Å². The van der Waals surface area contributed by atoms with Gasteiger partial charge in [-0.3, -0.25) is 4.98 Å². The molecule has 0 spiro atoms. The van der Waals surface area contributed by atoms with Crippen molar-refractivity contribution in [1.82, 2.24) is 9.97 Å². The fraction of sp³-hybridized carbons (Fsp3) is 0.290. The molecule has 0 fully saturated rings. The molecule has 0 unspecified atom stereocenters. The normalized spacial score (nSPS) is 13.7. The summed E-state index contributed by atoms with van der Waals surface area (Å²) < 4.78 is 31.2. The largest absolute Gasteiger partial charge is 0.437 e. The van der Waals surface area contributed by atoms with Crippen LogP contribution in [0.25, 0.3) is 44.6 Å². The third-order valence-corrected chi connectivity index (χ3v) is 7.49. The van der Waals surface area contributed by atoms with Crippen LogP contribution >= 0.6 is 0 Å². The van der Waals surface area contributed by atoms with Crippen molar-refractivity contribution < 1.29 is 8.53 Å². The Bertz CT molecular complexity index is 1610. The zero-order valence-electron chi connectivity index (χ0n) is 23.5. The second kappa shape index (κ2) is 8.39. The fourth-order valence-corrected chi connectivity index (χ4v) is 4.95. The third-order valence-electron chi connectivity index (χ3n) is 7.49. The molecule has 3 heterocycles. The Kier molecular flexibility index (Phi) is 4.67. The van der Waals surface area contributed by atoms with E-state index in [4.69, 9.17) is 18.5 Å². The lowest BCUT2D eigenvalue weighted by atomic mass is 9.76. The van der Waals surface area contributed by atoms with E-state index in [0.29, 0.717) is 22.6 Å². The highest BCUT2D eigenvalue weighted by molar-refractivity contribution is 6.08. The number of rotatable bonds is 5. The first-order valence-electron chi connectivity index (χ1n) is 13.5. The van der Waals surface area contributed by atoms with E-state index in [0.717, 1.165) is 57.1 Å². The SMILES string of the molecule is [2H]C([2H])([2H])c1cc(-c2cccc3c2oc2nc(-c4c(C)cccc4C)ccc23)ncc1C(C)(CC)CC. The molecule has 0 saturated carbocycles. The van der Waals surface area contributed by atoms with Crippen molar-refractivity contribution in [2.24, 2.45) is 0 Å². The number of fused-ring (bicyclic) bond motifs is 3. The lowest BCUT2D eigenvalue weighted by Crippen LogP contribution is -2.21. The van der Waals surface area contributed by atoms with Crippen LogP contribution < -0.4 is 0 Å². The minimum atomic E-state index is -2.25. The van der Waals surface area contributed by atoms with Crippen molar-refractivity contribution in [3.8, 4) is 22.5 Å². The van der Waals surface area contributed by atoms with Gasteiger partial charge in [0.1, 0.15) is 5.58 Å². The first-order valence-corrected chi connectivity index (χ1v) is 12.0. The van der Waals surface area contributed by atoms with E-state index in [9.17, 15) is 0 Å². The molecule has 0 atom stereocenters. The van der Waals surface area contributed by atoms with Crippen LogP contribution in [0.15, 0.2) is 65.2 Å². The van der Waals surface area contributed by atoms with Crippen molar-refractivity contribution in [1.29, 1.82) is 0 Å². The quantitative estimate of drug-likeness (QED) is 0.268. The number of aryl methyl sites for hydroxylation is 3. The summed E-state index contributed by atoms with van der Waals surface area (Å²) in [5.41, 5.74) is 7.76. The molecule has 0 radical (unpaired) electrons. The maximum absolute atomic E-state index is 8.27. The van der Waals surface area contributed by atoms with Crippen molar-refractivity contribution in [3.05, 3.63) is 83.0 Å². The number of para-hydroxylation sites is 1. The van der Waals surface area contributed by atoms with Crippen molar-refractivity contribution >= 4 is 22.1 Å². The molecule has 34 heavy (non-hydrogen) atoms. The summed E-state index contributed by atoms with van der Waals surface area (Å²) in [7, 11) is 0. The summed E-state index contributed by atoms with van der Waals surface area (Å²) in [5.74, 6) is 0. The molecular formula is C31H32N2O. The number of hydrogen-bond donors (Lipinski definition) is 0. The lowest BCUT2D eigenvalue weighted by Gasteiger charge is -2.29. The van der Waals surface area contributed by atoms with Crippen LogP contribution in [0.2, 0.25) is 0 Å². The Hall–Kier alpha value is -3.46. The van der Waals surface area contributed by atoms with E-state index in [1.807, 2.05) is 24.3 Å². The van der Waals surface area contributed by atoms with Crippen LogP contribution in [-0.4, -0.2) is 9.97 Å². The van der Waals surface area contributed by atoms with Gasteiger partial charge in [0.2, 0.25) is 5.71 Å². The van der Waals surface area contributed by atoms with Gasteiger partial charge in [-0.2, -0.15) is 0 Å². The Morgan fingerprint density at radius 1 is 0.882 bits per heavy atom. The highest BCUT2D eigenvalue weighted by Crippen LogP contribution is 2.38. The van der Waals surface area contributed by atoms with Gasteiger partial charge in [-0.25, -0.2) is 4.98 Å². The second-order valence-electron chi connectivity index (χ2n) is 9.48. The predicted molar refractivity (Wildman–Crippen MR) is 142 cm³/mol. The summed E-state index contributed by atoms with van der Waals surface area (Å²) in [5, 5.41) is 1.85. The molecule has 0 aliphatic heterocycles. The molecule has 0 aliphatic carbocycles. The van der Waals surface area contributed by atoms with E-state index >= 15 is 0 Å². The number of hydrogen-bond acceptors (Lipinski definition) is 3. The van der Waals surface area contributed by atoms with E-state index in [1.54, 1.807) is 12.3 Å². The number of benzene rings is 2. The van der Waals surface area contributed by atoms with Gasteiger partial charge in [0.15, 0.2) is 0 Å². The Balaban J connectivity index is 1.70. The summed E-state index contributed by atoms with van der Waals surface area (Å²) in [6, 6.07) is 17.9. The molecule has 3 heteroatoms. The van der Waals surface area contributed by atoms with Crippen LogP contribution in [0, 0.1) is 20.7 Å². The van der Waals surface area contributed by atoms with Crippen LogP contribution in [0.3, 0.4) is 0 Å². The summed E-state index contributed by atoms with van der Waals surface area (Å²) >= 11 is 0. The van der Waals surface area contributed by atoms with Gasteiger partial charge in [-0.05, 0) is 85.5 Å². The van der Waals surface area contributed by atoms with Gasteiger partial charge in [-0.15, -0.1) is 0 Å². The number of nitrogens with zero attached hydrogens (tertiary/aromatic N) is 2. The first kappa shape index (κ1) is 18.9. The monoisotopic (exact) mass is 451 g/mol. The first-order chi connectivity index (χ1) is 17.6. The van der Waals surface area contributed by atoms with E-state index < -0.39 is 6.85 Å². The summed E-state index contributed by atoms with van der Waals surface area (Å²) in [6.07, 6.45) is 3.42. The van der Waals surface area contributed by atoms with Gasteiger partial charge < -0.3 is 4.42 Å². The lowest BCUT2D eigenvalue weighted by molar-refractivity contribution is 0.435. The van der Waals surface area contributed by atoms with Crippen molar-refractivity contribution in [3.63, 3.8) is 0 Å². The Morgan fingerprint density at radius 3 is 2.32 bits per heavy atom. The average molecular weight is 452 g/mol. The molecule has 0 aliphatic rings. The molecule has 0 amide bonds. The highest BCUT2D eigenvalue weighted by Gasteiger charge is 2.25. The molecular weight excluding hydrogens is 416 g/mol. The van der Waals surface area contributed by atoms with E-state index in [2.05, 4.69) is 58.9 Å². The molecule has 0 saturated heterocycles. The van der Waals surface area contributed by atoms with Gasteiger partial charge in [0.05, 0.1) is 11.4 Å². The molecule has 2 aromatic carbocycles. The smallest absolute Gasteiger partial charge is 0.227 e. The number of aromatic nitrogens is 2. The number of furan rings is 1. The maximum atomic E-state index is 8.27. The molecule has 5 aromatic rings. The third kappa shape index (κ3) is 3.51. The van der Waals surface area contributed by atoms with Crippen molar-refractivity contribution in [2.75, 3.05) is 0 Å². The number of pyridine rings is 2. The van der Waals surface area contributed by atoms with Crippen LogP contribution in [0.4, 0.5) is 0 Å². The summed E-state index contributed by atoms with van der Waals surface area (Å²) in [4.78, 5) is 9.65. The summed E-state index contributed by atoms with van der Waals surface area (Å²) in [6.45, 7) is 8.22. The van der Waals surface area contributed by atoms with Crippen LogP contribution in [0.1, 0.15) is 60.0 Å². The van der Waals surface area contributed by atoms with E-state index in [1.165, 1.54) is 0 Å². The maximum Gasteiger partial charge on any atom is 0.227 e. The molecule has 0 bridgehead atoms.